The Morgan fingerprint density at radius 2 is 2.00 bits per heavy atom. The van der Waals surface area contributed by atoms with E-state index in [9.17, 15) is 0 Å². The Labute approximate surface area is 103 Å². The third-order valence-corrected chi connectivity index (χ3v) is 3.04. The molecule has 1 aromatic rings. The number of hydrogen-bond donors (Lipinski definition) is 1. The highest BCUT2D eigenvalue weighted by Gasteiger charge is 2.22. The van der Waals surface area contributed by atoms with Gasteiger partial charge in [-0.05, 0) is 32.4 Å². The summed E-state index contributed by atoms with van der Waals surface area (Å²) in [4.78, 5) is 6.75. The molecule has 2 unspecified atom stereocenters. The zero-order chi connectivity index (χ0) is 12.4. The highest BCUT2D eigenvalue weighted by Crippen LogP contribution is 2.19. The maximum absolute atomic E-state index is 5.81. The van der Waals surface area contributed by atoms with Crippen molar-refractivity contribution in [2.24, 2.45) is 5.73 Å². The number of aromatic nitrogens is 1. The summed E-state index contributed by atoms with van der Waals surface area (Å²) in [5, 5.41) is 0. The van der Waals surface area contributed by atoms with Gasteiger partial charge in [0.05, 0.1) is 12.2 Å². The van der Waals surface area contributed by atoms with Crippen LogP contribution < -0.4 is 10.6 Å². The molecule has 0 aromatic carbocycles. The number of hydrogen-bond acceptors (Lipinski definition) is 4. The van der Waals surface area contributed by atoms with Gasteiger partial charge in [0.2, 0.25) is 0 Å². The van der Waals surface area contributed by atoms with Crippen LogP contribution in [0.25, 0.3) is 0 Å². The minimum Gasteiger partial charge on any atom is -0.372 e. The van der Waals surface area contributed by atoms with Crippen LogP contribution in [0.3, 0.4) is 0 Å². The quantitative estimate of drug-likeness (QED) is 0.848. The van der Waals surface area contributed by atoms with Crippen LogP contribution in [0, 0.1) is 0 Å². The monoisotopic (exact) mass is 235 g/mol. The molecule has 2 heterocycles. The Morgan fingerprint density at radius 3 is 2.47 bits per heavy atom. The third-order valence-electron chi connectivity index (χ3n) is 3.04. The second kappa shape index (κ2) is 5.02. The van der Waals surface area contributed by atoms with E-state index in [4.69, 9.17) is 10.5 Å². The molecule has 1 fully saturated rings. The van der Waals surface area contributed by atoms with E-state index < -0.39 is 0 Å². The van der Waals surface area contributed by atoms with Crippen LogP contribution in [0.1, 0.15) is 32.4 Å². The fourth-order valence-electron chi connectivity index (χ4n) is 2.22. The van der Waals surface area contributed by atoms with Gasteiger partial charge in [0.25, 0.3) is 0 Å². The van der Waals surface area contributed by atoms with E-state index in [1.807, 2.05) is 19.2 Å². The largest absolute Gasteiger partial charge is 0.372 e. The van der Waals surface area contributed by atoms with Gasteiger partial charge in [0, 0.05) is 25.3 Å². The first kappa shape index (κ1) is 12.3. The average Bonchev–Trinajstić information content (AvgIpc) is 2.28. The molecular formula is C13H21N3O. The first-order chi connectivity index (χ1) is 8.06. The van der Waals surface area contributed by atoms with Crippen molar-refractivity contribution in [1.82, 2.24) is 4.98 Å². The highest BCUT2D eigenvalue weighted by atomic mass is 16.5. The normalized spacial score (nSPS) is 26.9. The molecule has 4 heteroatoms. The van der Waals surface area contributed by atoms with E-state index in [1.54, 1.807) is 0 Å². The SMILES string of the molecule is CC1CN(c2ccc([C@H](C)N)cn2)CC(C)O1. The molecule has 0 amide bonds. The predicted octanol–water partition coefficient (Wildman–Crippen LogP) is 1.71. The lowest BCUT2D eigenvalue weighted by atomic mass is 10.1. The Hall–Kier alpha value is -1.13. The van der Waals surface area contributed by atoms with Crippen LogP contribution in [0.5, 0.6) is 0 Å². The lowest BCUT2D eigenvalue weighted by Crippen LogP contribution is -2.45. The first-order valence-corrected chi connectivity index (χ1v) is 6.18. The molecule has 0 bridgehead atoms. The molecule has 2 N–H and O–H groups in total. The van der Waals surface area contributed by atoms with Crippen molar-refractivity contribution in [2.45, 2.75) is 39.0 Å². The predicted molar refractivity (Wildman–Crippen MR) is 69.1 cm³/mol. The minimum atomic E-state index is 0.0408. The summed E-state index contributed by atoms with van der Waals surface area (Å²) in [6.07, 6.45) is 2.38. The van der Waals surface area contributed by atoms with Gasteiger partial charge in [0.1, 0.15) is 5.82 Å². The van der Waals surface area contributed by atoms with E-state index in [0.717, 1.165) is 24.5 Å². The molecule has 17 heavy (non-hydrogen) atoms. The van der Waals surface area contributed by atoms with Gasteiger partial charge in [-0.2, -0.15) is 0 Å². The van der Waals surface area contributed by atoms with Crippen LogP contribution in [0.4, 0.5) is 5.82 Å². The fraction of sp³-hybridized carbons (Fsp3) is 0.615. The van der Waals surface area contributed by atoms with Gasteiger partial charge in [0.15, 0.2) is 0 Å². The van der Waals surface area contributed by atoms with Crippen LogP contribution >= 0.6 is 0 Å². The van der Waals surface area contributed by atoms with E-state index >= 15 is 0 Å². The van der Waals surface area contributed by atoms with Gasteiger partial charge in [-0.15, -0.1) is 0 Å². The van der Waals surface area contributed by atoms with Crippen molar-refractivity contribution in [1.29, 1.82) is 0 Å². The van der Waals surface area contributed by atoms with Crippen molar-refractivity contribution >= 4 is 5.82 Å². The van der Waals surface area contributed by atoms with Gasteiger partial charge in [-0.1, -0.05) is 6.07 Å². The number of morpholine rings is 1. The standard InChI is InChI=1S/C13H21N3O/c1-9-7-16(8-10(2)17-9)13-5-4-12(6-15-13)11(3)14/h4-6,9-11H,7-8,14H2,1-3H3/t9?,10?,11-/m0/s1. The van der Waals surface area contributed by atoms with Crippen LogP contribution in [0.15, 0.2) is 18.3 Å². The number of pyridine rings is 1. The number of ether oxygens (including phenoxy) is 1. The summed E-state index contributed by atoms with van der Waals surface area (Å²) in [7, 11) is 0. The van der Waals surface area contributed by atoms with Crippen molar-refractivity contribution in [2.75, 3.05) is 18.0 Å². The molecule has 0 aliphatic carbocycles. The lowest BCUT2D eigenvalue weighted by Gasteiger charge is -2.36. The van der Waals surface area contributed by atoms with Gasteiger partial charge in [-0.3, -0.25) is 0 Å². The molecule has 1 aromatic heterocycles. The van der Waals surface area contributed by atoms with E-state index in [-0.39, 0.29) is 18.2 Å². The number of anilines is 1. The van der Waals surface area contributed by atoms with Crippen LogP contribution in [-0.4, -0.2) is 30.3 Å². The summed E-state index contributed by atoms with van der Waals surface area (Å²) >= 11 is 0. The first-order valence-electron chi connectivity index (χ1n) is 6.18. The van der Waals surface area contributed by atoms with Crippen molar-refractivity contribution in [3.05, 3.63) is 23.9 Å². The summed E-state index contributed by atoms with van der Waals surface area (Å²) in [5.74, 6) is 1.01. The summed E-state index contributed by atoms with van der Waals surface area (Å²) in [6.45, 7) is 7.96. The van der Waals surface area contributed by atoms with E-state index in [2.05, 4.69) is 29.8 Å². The molecule has 0 saturated carbocycles. The molecule has 94 valence electrons. The smallest absolute Gasteiger partial charge is 0.128 e. The number of rotatable bonds is 2. The molecule has 0 radical (unpaired) electrons. The molecule has 3 atom stereocenters. The number of nitrogens with two attached hydrogens (primary N) is 1. The Bertz CT molecular complexity index is 353. The molecular weight excluding hydrogens is 214 g/mol. The van der Waals surface area contributed by atoms with Crippen LogP contribution in [0.2, 0.25) is 0 Å². The van der Waals surface area contributed by atoms with Crippen LogP contribution in [-0.2, 0) is 4.74 Å². The fourth-order valence-corrected chi connectivity index (χ4v) is 2.22. The summed E-state index contributed by atoms with van der Waals surface area (Å²) in [6, 6.07) is 4.14. The second-order valence-electron chi connectivity index (χ2n) is 4.90. The zero-order valence-electron chi connectivity index (χ0n) is 10.8. The van der Waals surface area contributed by atoms with Crippen molar-refractivity contribution in [3.63, 3.8) is 0 Å². The molecule has 2 rings (SSSR count). The average molecular weight is 235 g/mol. The Kier molecular flexibility index (Phi) is 3.64. The zero-order valence-corrected chi connectivity index (χ0v) is 10.8. The Balaban J connectivity index is 2.11. The maximum atomic E-state index is 5.81. The van der Waals surface area contributed by atoms with Gasteiger partial charge < -0.3 is 15.4 Å². The highest BCUT2D eigenvalue weighted by molar-refractivity contribution is 5.40. The number of nitrogens with zero attached hydrogens (tertiary/aromatic N) is 2. The summed E-state index contributed by atoms with van der Waals surface area (Å²) in [5.41, 5.74) is 6.89. The topological polar surface area (TPSA) is 51.4 Å². The Morgan fingerprint density at radius 1 is 1.35 bits per heavy atom. The molecule has 1 aliphatic rings. The molecule has 1 saturated heterocycles. The third kappa shape index (κ3) is 2.96. The second-order valence-corrected chi connectivity index (χ2v) is 4.90. The molecule has 4 nitrogen and oxygen atoms in total. The van der Waals surface area contributed by atoms with Crippen molar-refractivity contribution < 1.29 is 4.74 Å². The van der Waals surface area contributed by atoms with Gasteiger partial charge in [-0.25, -0.2) is 4.98 Å². The van der Waals surface area contributed by atoms with Gasteiger partial charge >= 0.3 is 0 Å². The maximum Gasteiger partial charge on any atom is 0.128 e. The molecule has 0 spiro atoms. The molecule has 1 aliphatic heterocycles. The van der Waals surface area contributed by atoms with E-state index in [0.29, 0.717) is 0 Å². The van der Waals surface area contributed by atoms with E-state index in [1.165, 1.54) is 0 Å². The lowest BCUT2D eigenvalue weighted by molar-refractivity contribution is -0.00545. The summed E-state index contributed by atoms with van der Waals surface area (Å²) < 4.78 is 5.71. The minimum absolute atomic E-state index is 0.0408. The van der Waals surface area contributed by atoms with Crippen molar-refractivity contribution in [3.8, 4) is 0 Å².